The van der Waals surface area contributed by atoms with Crippen LogP contribution in [0.15, 0.2) is 59.1 Å². The number of nitrogens with zero attached hydrogens (tertiary/aromatic N) is 3. The predicted octanol–water partition coefficient (Wildman–Crippen LogP) is 2.81. The van der Waals surface area contributed by atoms with E-state index in [4.69, 9.17) is 5.73 Å². The standard InChI is InChI=1S/C20H16N4O4S/c1-12-6-8-14(9-7-12)23-19(26)17(29-20(23)15(11-21)18(22)25)10-13-4-2-3-5-16(13)24(27)28/h2-9,17H,10H2,1H3,(H2,22,25)/b20-15-/t17-/m0/s1. The minimum absolute atomic E-state index is 0.0734. The summed E-state index contributed by atoms with van der Waals surface area (Å²) in [5.74, 6) is -1.31. The molecule has 0 radical (unpaired) electrons. The molecule has 1 aliphatic heterocycles. The summed E-state index contributed by atoms with van der Waals surface area (Å²) < 4.78 is 0. The van der Waals surface area contributed by atoms with Crippen LogP contribution in [-0.2, 0) is 16.0 Å². The summed E-state index contributed by atoms with van der Waals surface area (Å²) in [5.41, 5.74) is 6.79. The Morgan fingerprint density at radius 2 is 1.93 bits per heavy atom. The second kappa shape index (κ2) is 8.16. The lowest BCUT2D eigenvalue weighted by atomic mass is 10.1. The Morgan fingerprint density at radius 3 is 2.52 bits per heavy atom. The Morgan fingerprint density at radius 1 is 1.28 bits per heavy atom. The Kier molecular flexibility index (Phi) is 5.66. The number of rotatable bonds is 5. The molecule has 1 heterocycles. The molecule has 0 unspecified atom stereocenters. The Hall–Kier alpha value is -3.64. The number of nitro groups is 1. The zero-order valence-electron chi connectivity index (χ0n) is 15.4. The zero-order valence-corrected chi connectivity index (χ0v) is 16.2. The van der Waals surface area contributed by atoms with E-state index in [9.17, 15) is 25.0 Å². The van der Waals surface area contributed by atoms with Gasteiger partial charge in [0.2, 0.25) is 5.91 Å². The third kappa shape index (κ3) is 3.97. The van der Waals surface area contributed by atoms with Gasteiger partial charge in [0.05, 0.1) is 10.2 Å². The van der Waals surface area contributed by atoms with E-state index < -0.39 is 16.1 Å². The van der Waals surface area contributed by atoms with E-state index in [1.165, 1.54) is 11.0 Å². The summed E-state index contributed by atoms with van der Waals surface area (Å²) in [5, 5.41) is 20.1. The van der Waals surface area contributed by atoms with Crippen LogP contribution < -0.4 is 10.6 Å². The van der Waals surface area contributed by atoms with Crippen LogP contribution in [0.3, 0.4) is 0 Å². The van der Waals surface area contributed by atoms with Crippen molar-refractivity contribution < 1.29 is 14.5 Å². The maximum Gasteiger partial charge on any atom is 0.272 e. The number of primary amides is 1. The molecule has 146 valence electrons. The van der Waals surface area contributed by atoms with E-state index in [1.807, 2.05) is 6.92 Å². The lowest BCUT2D eigenvalue weighted by Crippen LogP contribution is -2.31. The first-order valence-electron chi connectivity index (χ1n) is 8.57. The smallest absolute Gasteiger partial charge is 0.272 e. The van der Waals surface area contributed by atoms with Crippen LogP contribution in [0.25, 0.3) is 0 Å². The molecule has 0 aliphatic carbocycles. The molecule has 0 saturated carbocycles. The Balaban J connectivity index is 2.06. The van der Waals surface area contributed by atoms with Crippen LogP contribution >= 0.6 is 11.8 Å². The van der Waals surface area contributed by atoms with Gasteiger partial charge in [0.25, 0.3) is 11.6 Å². The maximum atomic E-state index is 13.2. The van der Waals surface area contributed by atoms with Gasteiger partial charge in [-0.15, -0.1) is 0 Å². The molecule has 3 rings (SSSR count). The molecule has 0 spiro atoms. The van der Waals surface area contributed by atoms with Gasteiger partial charge in [0, 0.05) is 23.7 Å². The number of nitriles is 1. The molecule has 2 aromatic carbocycles. The highest BCUT2D eigenvalue weighted by Crippen LogP contribution is 2.42. The number of aryl methyl sites for hydroxylation is 1. The SMILES string of the molecule is Cc1ccc(N2C(=O)[C@H](Cc3ccccc3[N+](=O)[O-])S/C2=C(/C#N)C(N)=O)cc1. The first-order valence-corrected chi connectivity index (χ1v) is 9.45. The minimum atomic E-state index is -0.939. The third-order valence-electron chi connectivity index (χ3n) is 4.41. The van der Waals surface area contributed by atoms with Crippen molar-refractivity contribution in [1.82, 2.24) is 0 Å². The van der Waals surface area contributed by atoms with Gasteiger partial charge in [-0.3, -0.25) is 24.6 Å². The lowest BCUT2D eigenvalue weighted by molar-refractivity contribution is -0.385. The fraction of sp³-hybridized carbons (Fsp3) is 0.150. The minimum Gasteiger partial charge on any atom is -0.365 e. The van der Waals surface area contributed by atoms with Crippen LogP contribution in [0.1, 0.15) is 11.1 Å². The van der Waals surface area contributed by atoms with Crippen molar-refractivity contribution in [3.05, 3.63) is 80.4 Å². The lowest BCUT2D eigenvalue weighted by Gasteiger charge is -2.18. The van der Waals surface area contributed by atoms with Crippen LogP contribution in [0.5, 0.6) is 0 Å². The summed E-state index contributed by atoms with van der Waals surface area (Å²) in [4.78, 5) is 37.0. The fourth-order valence-corrected chi connectivity index (χ4v) is 4.29. The second-order valence-electron chi connectivity index (χ2n) is 6.36. The molecule has 1 saturated heterocycles. The number of nitrogens with two attached hydrogens (primary N) is 1. The van der Waals surface area contributed by atoms with Crippen molar-refractivity contribution >= 4 is 35.0 Å². The maximum absolute atomic E-state index is 13.2. The molecular weight excluding hydrogens is 392 g/mol. The number of hydrogen-bond acceptors (Lipinski definition) is 6. The van der Waals surface area contributed by atoms with Crippen molar-refractivity contribution in [2.45, 2.75) is 18.6 Å². The van der Waals surface area contributed by atoms with Gasteiger partial charge in [0.15, 0.2) is 0 Å². The highest BCUT2D eigenvalue weighted by atomic mass is 32.2. The molecule has 2 N–H and O–H groups in total. The highest BCUT2D eigenvalue weighted by Gasteiger charge is 2.41. The first-order chi connectivity index (χ1) is 13.8. The van der Waals surface area contributed by atoms with Crippen LogP contribution in [0.4, 0.5) is 11.4 Å². The number of para-hydroxylation sites is 1. The Bertz CT molecular complexity index is 1070. The summed E-state index contributed by atoms with van der Waals surface area (Å²) in [6.45, 7) is 1.89. The Labute approximate surface area is 170 Å². The van der Waals surface area contributed by atoms with Gasteiger partial charge >= 0.3 is 0 Å². The van der Waals surface area contributed by atoms with Crippen LogP contribution in [-0.4, -0.2) is 22.0 Å². The van der Waals surface area contributed by atoms with Gasteiger partial charge < -0.3 is 5.73 Å². The van der Waals surface area contributed by atoms with Crippen molar-refractivity contribution in [3.63, 3.8) is 0 Å². The van der Waals surface area contributed by atoms with E-state index in [0.717, 1.165) is 17.3 Å². The summed E-state index contributed by atoms with van der Waals surface area (Å²) in [6, 6.07) is 15.0. The number of amides is 2. The van der Waals surface area contributed by atoms with Gasteiger partial charge in [-0.25, -0.2) is 0 Å². The van der Waals surface area contributed by atoms with E-state index in [2.05, 4.69) is 0 Å². The molecule has 0 bridgehead atoms. The highest BCUT2D eigenvalue weighted by molar-refractivity contribution is 8.05. The van der Waals surface area contributed by atoms with E-state index in [1.54, 1.807) is 48.5 Å². The zero-order chi connectivity index (χ0) is 21.1. The summed E-state index contributed by atoms with van der Waals surface area (Å²) in [7, 11) is 0. The normalized spacial score (nSPS) is 17.7. The van der Waals surface area contributed by atoms with Crippen molar-refractivity contribution in [1.29, 1.82) is 5.26 Å². The average Bonchev–Trinajstić information content (AvgIpc) is 2.99. The fourth-order valence-electron chi connectivity index (χ4n) is 2.99. The number of anilines is 1. The molecule has 9 heteroatoms. The molecule has 0 aromatic heterocycles. The number of nitro benzene ring substituents is 1. The van der Waals surface area contributed by atoms with Crippen molar-refractivity contribution in [2.24, 2.45) is 5.73 Å². The van der Waals surface area contributed by atoms with Crippen LogP contribution in [0.2, 0.25) is 0 Å². The van der Waals surface area contributed by atoms with Crippen LogP contribution in [0, 0.1) is 28.4 Å². The third-order valence-corrected chi connectivity index (χ3v) is 5.67. The predicted molar refractivity (Wildman–Crippen MR) is 109 cm³/mol. The van der Waals surface area contributed by atoms with Crippen molar-refractivity contribution in [3.8, 4) is 6.07 Å². The largest absolute Gasteiger partial charge is 0.365 e. The number of carbonyl (C=O) groups excluding carboxylic acids is 2. The van der Waals surface area contributed by atoms with E-state index in [0.29, 0.717) is 11.3 Å². The number of carbonyl (C=O) groups is 2. The summed E-state index contributed by atoms with van der Waals surface area (Å²) >= 11 is 1.01. The molecule has 1 atom stereocenters. The van der Waals surface area contributed by atoms with Gasteiger partial charge in [-0.05, 0) is 19.1 Å². The molecule has 1 aliphatic rings. The van der Waals surface area contributed by atoms with Gasteiger partial charge in [-0.2, -0.15) is 5.26 Å². The number of benzene rings is 2. The van der Waals surface area contributed by atoms with Gasteiger partial charge in [-0.1, -0.05) is 47.7 Å². The quantitative estimate of drug-likeness (QED) is 0.350. The molecular formula is C20H16N4O4S. The molecule has 8 nitrogen and oxygen atoms in total. The molecule has 2 amide bonds. The van der Waals surface area contributed by atoms with Crippen molar-refractivity contribution in [2.75, 3.05) is 4.90 Å². The number of thioether (sulfide) groups is 1. The monoisotopic (exact) mass is 408 g/mol. The average molecular weight is 408 g/mol. The first kappa shape index (κ1) is 20.1. The van der Waals surface area contributed by atoms with Gasteiger partial charge in [0.1, 0.15) is 16.7 Å². The van der Waals surface area contributed by atoms with E-state index in [-0.39, 0.29) is 28.6 Å². The number of hydrogen-bond donors (Lipinski definition) is 1. The van der Waals surface area contributed by atoms with E-state index >= 15 is 0 Å². The topological polar surface area (TPSA) is 130 Å². The molecule has 2 aromatic rings. The molecule has 29 heavy (non-hydrogen) atoms. The summed E-state index contributed by atoms with van der Waals surface area (Å²) in [6.07, 6.45) is 0.0734. The molecule has 1 fully saturated rings. The second-order valence-corrected chi connectivity index (χ2v) is 7.55.